The van der Waals surface area contributed by atoms with Crippen molar-refractivity contribution in [3.05, 3.63) is 45.2 Å². The van der Waals surface area contributed by atoms with Gasteiger partial charge in [-0.05, 0) is 42.5 Å². The number of aromatic amines is 1. The Morgan fingerprint density at radius 2 is 2.09 bits per heavy atom. The minimum Gasteiger partial charge on any atom is -0.481 e. The Labute approximate surface area is 187 Å². The third-order valence-corrected chi connectivity index (χ3v) is 5.91. The first-order valence-electron chi connectivity index (χ1n) is 10.5. The van der Waals surface area contributed by atoms with E-state index in [1.54, 1.807) is 18.2 Å². The van der Waals surface area contributed by atoms with E-state index >= 15 is 0 Å². The van der Waals surface area contributed by atoms with E-state index in [9.17, 15) is 24.3 Å². The number of fused-ring (bicyclic) bond motifs is 2. The maximum absolute atomic E-state index is 12.7. The van der Waals surface area contributed by atoms with Gasteiger partial charge in [-0.25, -0.2) is 4.79 Å². The van der Waals surface area contributed by atoms with Crippen molar-refractivity contribution in [1.82, 2.24) is 14.9 Å². The van der Waals surface area contributed by atoms with Crippen molar-refractivity contribution >= 4 is 35.3 Å². The fourth-order valence-electron chi connectivity index (χ4n) is 4.24. The number of carbonyl (C=O) groups excluding carboxylic acids is 1. The molecule has 1 aromatic carbocycles. The van der Waals surface area contributed by atoms with E-state index in [4.69, 9.17) is 10.8 Å². The summed E-state index contributed by atoms with van der Waals surface area (Å²) in [6.45, 7) is 1.27. The Hall–Kier alpha value is -4.09. The van der Waals surface area contributed by atoms with Crippen LogP contribution in [-0.2, 0) is 22.6 Å². The van der Waals surface area contributed by atoms with E-state index in [0.29, 0.717) is 42.0 Å². The number of hydrogen-bond donors (Lipinski definition) is 6. The highest BCUT2D eigenvalue weighted by molar-refractivity contribution is 6.00. The van der Waals surface area contributed by atoms with E-state index in [2.05, 4.69) is 20.6 Å². The molecule has 12 nitrogen and oxygen atoms in total. The number of hydrogen-bond acceptors (Lipinski definition) is 8. The van der Waals surface area contributed by atoms with Gasteiger partial charge >= 0.3 is 11.9 Å². The van der Waals surface area contributed by atoms with Crippen molar-refractivity contribution in [2.45, 2.75) is 31.8 Å². The van der Waals surface area contributed by atoms with Crippen LogP contribution in [0.4, 0.5) is 17.5 Å². The number of carbonyl (C=O) groups is 3. The number of anilines is 3. The van der Waals surface area contributed by atoms with Gasteiger partial charge in [0, 0.05) is 37.3 Å². The van der Waals surface area contributed by atoms with Gasteiger partial charge in [0.2, 0.25) is 5.95 Å². The quantitative estimate of drug-likeness (QED) is 0.322. The molecular formula is C21H24N6O6. The summed E-state index contributed by atoms with van der Waals surface area (Å²) in [5.41, 5.74) is 7.71. The smallest absolute Gasteiger partial charge is 0.326 e. The molecule has 174 valence electrons. The molecule has 1 amide bonds. The fourth-order valence-corrected chi connectivity index (χ4v) is 4.24. The van der Waals surface area contributed by atoms with Crippen LogP contribution in [0.1, 0.15) is 34.3 Å². The van der Waals surface area contributed by atoms with E-state index in [1.807, 2.05) is 0 Å². The van der Waals surface area contributed by atoms with Gasteiger partial charge in [-0.1, -0.05) is 0 Å². The summed E-state index contributed by atoms with van der Waals surface area (Å²) in [6, 6.07) is 3.98. The van der Waals surface area contributed by atoms with Crippen molar-refractivity contribution < 1.29 is 24.6 Å². The highest BCUT2D eigenvalue weighted by Gasteiger charge is 2.36. The molecule has 0 radical (unpaired) electrons. The minimum absolute atomic E-state index is 0.0673. The molecule has 0 aliphatic carbocycles. The topological polar surface area (TPSA) is 191 Å². The van der Waals surface area contributed by atoms with Crippen LogP contribution in [0.25, 0.3) is 0 Å². The number of nitrogens with two attached hydrogens (primary N) is 1. The number of carboxylic acid groups (broad SMARTS) is 2. The van der Waals surface area contributed by atoms with Gasteiger partial charge in [-0.3, -0.25) is 19.4 Å². The lowest BCUT2D eigenvalue weighted by Gasteiger charge is -2.25. The molecule has 4 rings (SSSR count). The fraction of sp³-hybridized carbons (Fsp3) is 0.381. The lowest BCUT2D eigenvalue weighted by atomic mass is 9.96. The summed E-state index contributed by atoms with van der Waals surface area (Å²) in [6.07, 6.45) is 0.0255. The number of amides is 1. The second-order valence-corrected chi connectivity index (χ2v) is 8.20. The Kier molecular flexibility index (Phi) is 5.90. The van der Waals surface area contributed by atoms with Gasteiger partial charge in [0.1, 0.15) is 11.9 Å². The molecule has 2 aromatic rings. The minimum atomic E-state index is -1.23. The number of carboxylic acids is 2. The first-order chi connectivity index (χ1) is 15.7. The summed E-state index contributed by atoms with van der Waals surface area (Å²) in [5.74, 6) is -2.08. The molecule has 0 spiro atoms. The third-order valence-electron chi connectivity index (χ3n) is 5.91. The van der Waals surface area contributed by atoms with Crippen LogP contribution in [0.2, 0.25) is 0 Å². The molecule has 3 heterocycles. The Morgan fingerprint density at radius 3 is 2.82 bits per heavy atom. The van der Waals surface area contributed by atoms with E-state index < -0.39 is 23.9 Å². The Balaban J connectivity index is 1.41. The molecule has 1 aromatic heterocycles. The van der Waals surface area contributed by atoms with Crippen molar-refractivity contribution in [1.29, 1.82) is 0 Å². The number of nitrogens with one attached hydrogen (secondary N) is 3. The summed E-state index contributed by atoms with van der Waals surface area (Å²) in [5, 5.41) is 24.8. The highest BCUT2D eigenvalue weighted by Crippen LogP contribution is 2.29. The average Bonchev–Trinajstić information content (AvgIpc) is 3.07. The summed E-state index contributed by atoms with van der Waals surface area (Å²) in [7, 11) is 0. The third kappa shape index (κ3) is 4.59. The summed E-state index contributed by atoms with van der Waals surface area (Å²) in [4.78, 5) is 55.1. The first kappa shape index (κ1) is 22.1. The van der Waals surface area contributed by atoms with Crippen LogP contribution >= 0.6 is 0 Å². The van der Waals surface area contributed by atoms with Crippen LogP contribution in [0.3, 0.4) is 0 Å². The largest absolute Gasteiger partial charge is 0.481 e. The standard InChI is InChI=1S/C21H24N6O6/c22-21-25-17-14(18(30)26-21)5-10(8-24-17)7-23-12-1-2-13-11(6-12)9-27(19(13)31)15(20(32)33)3-4-16(28)29/h1-2,6,10,15,23H,3-5,7-9H2,(H,28,29)(H,32,33)(H4,22,24,25,26,30)/t10-,15-/m0/s1. The molecule has 0 bridgehead atoms. The predicted octanol–water partition coefficient (Wildman–Crippen LogP) is 0.322. The van der Waals surface area contributed by atoms with Crippen LogP contribution in [0.15, 0.2) is 23.0 Å². The van der Waals surface area contributed by atoms with Gasteiger partial charge in [-0.15, -0.1) is 0 Å². The SMILES string of the molecule is Nc1nc2c(c(=O)[nH]1)C[C@@H](CNc1ccc3c(c1)CN([C@@H](CCC(=O)O)C(=O)O)C3=O)CN2. The van der Waals surface area contributed by atoms with E-state index in [0.717, 1.165) is 5.69 Å². The number of aromatic nitrogens is 2. The lowest BCUT2D eigenvalue weighted by molar-refractivity contribution is -0.143. The molecule has 2 aliphatic rings. The monoisotopic (exact) mass is 456 g/mol. The lowest BCUT2D eigenvalue weighted by Crippen LogP contribution is -2.41. The van der Waals surface area contributed by atoms with Crippen LogP contribution in [0, 0.1) is 5.92 Å². The number of H-pyrrole nitrogens is 1. The molecule has 0 unspecified atom stereocenters. The van der Waals surface area contributed by atoms with Crippen molar-refractivity contribution in [2.24, 2.45) is 5.92 Å². The molecule has 2 aliphatic heterocycles. The van der Waals surface area contributed by atoms with Gasteiger partial charge < -0.3 is 31.5 Å². The van der Waals surface area contributed by atoms with Gasteiger partial charge in [-0.2, -0.15) is 4.98 Å². The zero-order valence-corrected chi connectivity index (χ0v) is 17.6. The zero-order chi connectivity index (χ0) is 23.7. The maximum Gasteiger partial charge on any atom is 0.326 e. The van der Waals surface area contributed by atoms with Crippen molar-refractivity contribution in [2.75, 3.05) is 29.5 Å². The highest BCUT2D eigenvalue weighted by atomic mass is 16.4. The second kappa shape index (κ2) is 8.81. The second-order valence-electron chi connectivity index (χ2n) is 8.20. The molecular weight excluding hydrogens is 432 g/mol. The summed E-state index contributed by atoms with van der Waals surface area (Å²) < 4.78 is 0. The number of aliphatic carboxylic acids is 2. The van der Waals surface area contributed by atoms with Crippen molar-refractivity contribution in [3.63, 3.8) is 0 Å². The molecule has 33 heavy (non-hydrogen) atoms. The Bertz CT molecular complexity index is 1180. The van der Waals surface area contributed by atoms with Crippen LogP contribution in [0.5, 0.6) is 0 Å². The van der Waals surface area contributed by atoms with Crippen molar-refractivity contribution in [3.8, 4) is 0 Å². The number of rotatable bonds is 8. The van der Waals surface area contributed by atoms with Gasteiger partial charge in [0.05, 0.1) is 5.56 Å². The van der Waals surface area contributed by atoms with E-state index in [1.165, 1.54) is 4.90 Å². The number of benzene rings is 1. The molecule has 0 saturated heterocycles. The summed E-state index contributed by atoms with van der Waals surface area (Å²) >= 11 is 0. The first-order valence-corrected chi connectivity index (χ1v) is 10.5. The molecule has 7 N–H and O–H groups in total. The van der Waals surface area contributed by atoms with Crippen LogP contribution in [-0.4, -0.2) is 62.1 Å². The molecule has 2 atom stereocenters. The van der Waals surface area contributed by atoms with Gasteiger partial charge in [0.15, 0.2) is 0 Å². The Morgan fingerprint density at radius 1 is 1.30 bits per heavy atom. The normalized spacial score (nSPS) is 17.6. The maximum atomic E-state index is 12.7. The van der Waals surface area contributed by atoms with Crippen LogP contribution < -0.4 is 21.9 Å². The molecule has 0 saturated carbocycles. The molecule has 12 heteroatoms. The predicted molar refractivity (Wildman–Crippen MR) is 118 cm³/mol. The average molecular weight is 456 g/mol. The van der Waals surface area contributed by atoms with Gasteiger partial charge in [0.25, 0.3) is 11.5 Å². The molecule has 0 fully saturated rings. The number of nitrogen functional groups attached to an aromatic ring is 1. The van der Waals surface area contributed by atoms with E-state index in [-0.39, 0.29) is 36.8 Å². The number of nitrogens with zero attached hydrogens (tertiary/aromatic N) is 2. The zero-order valence-electron chi connectivity index (χ0n) is 17.6.